The monoisotopic (exact) mass is 1990 g/mol. The minimum atomic E-state index is -1.27. The van der Waals surface area contributed by atoms with Gasteiger partial charge in [-0.3, -0.25) is 77.0 Å². The Bertz CT molecular complexity index is 4720. The number of anilines is 1. The number of likely N-dealkylation sites (tertiary alicyclic amines) is 3. The SMILES string of the molecule is CC[C@H](C)[C@@H]([C@@H](CC(=O)N1CCC[C@H]1C(OC)[C@@H](C)C(=O)N[C@H](C)[C@@H](O)c1ccccc1)OC)N(C)C(=O)[C@@H](NC(=O)[C@H](C(C)C)N(C)C(=O)OCc1cc(COC(=O)N(C)[C@H](C(=O)N[C@H](C(=O)N(C)[C@@H]([C@@H](C)CC)[C@@H](CC(=O)N2CCC[C@H]2[C@H](OC)[C@@H](C)C(=O)N[C@H](C)[C@@H](O)c2ccccc2)OC)C(C)C)C(C)C)ccc1NC(=O)[C@@H]1CCCN1C(=O)CNC(=O)CCCCCN1C(=O)C=CC1=O)C(C)C. The highest BCUT2D eigenvalue weighted by molar-refractivity contribution is 6.13. The van der Waals surface area contributed by atoms with Gasteiger partial charge in [-0.15, -0.1) is 0 Å². The van der Waals surface area contributed by atoms with Gasteiger partial charge in [-0.25, -0.2) is 9.59 Å². The largest absolute Gasteiger partial charge is 0.445 e. The van der Waals surface area contributed by atoms with Crippen LogP contribution in [0, 0.1) is 47.3 Å². The molecule has 4 aliphatic heterocycles. The van der Waals surface area contributed by atoms with Gasteiger partial charge in [0, 0.05) is 113 Å². The molecular formula is C105H162N14O23. The molecule has 0 saturated carbocycles. The normalized spacial score (nSPS) is 19.2. The number of aliphatic hydroxyl groups is 2. The number of imide groups is 1. The number of likely N-dealkylation sites (N-methyl/N-ethyl adjacent to an activating group) is 4. The second-order valence-corrected chi connectivity index (χ2v) is 40.1. The standard InChI is InChI=1S/C105H162N14O23/c1-25-65(11)91(79(137-21)56-84(123)116-52-36-43-76(116)95(139-23)67(13)97(128)107-69(15)93(126)72-39-30-27-31-40-72)112(17)102(133)87(61(3)4)110-100(131)89(63(7)8)114(19)104(135)141-59-71-47-48-75(109-99(130)78-45-38-54-118(78)86(125)58-106-81(120)46-34-29-35-51-119-82(121)49-50-83(119)122)74(55-71)60-142-105(136)115(20)90(64(9)10)101(132)111-88(62(5)6)103(134)113(18)92(66(12)26-2)80(138-22)57-85(124)117-53-37-44-77(117)96(140-24)68(14)98(129)108-70(16)94(127)73-41-32-28-33-42-73/h27-28,30-33,39-42,47-50,55,61-70,76-80,87-96,126-127H,25-26,29,34-38,43-46,51-54,56-60H2,1-24H3,(H,106,120)(H,107,128)(H,108,129)(H,109,130)(H,110,131)(H,111,132)/t65-,66-,67+,68+,69+,70+,76-,77-,78-,79+,80+,87-,88-,89-,90-,91-,92-,93+,94+,95+,96?/m0/s1. The Labute approximate surface area is 839 Å². The van der Waals surface area contributed by atoms with E-state index in [-0.39, 0.29) is 85.5 Å². The van der Waals surface area contributed by atoms with E-state index >= 15 is 14.4 Å². The number of carbonyl (C=O) groups excluding carboxylic acids is 15. The summed E-state index contributed by atoms with van der Waals surface area (Å²) in [6, 6.07) is 13.0. The Kier molecular flexibility index (Phi) is 46.8. The van der Waals surface area contributed by atoms with Gasteiger partial charge in [0.05, 0.1) is 104 Å². The van der Waals surface area contributed by atoms with Gasteiger partial charge in [0.25, 0.3) is 11.8 Å². The topological polar surface area (TPSA) is 450 Å². The van der Waals surface area contributed by atoms with Crippen LogP contribution in [0.15, 0.2) is 91.0 Å². The zero-order valence-electron chi connectivity index (χ0n) is 88.0. The molecule has 3 aromatic rings. The van der Waals surface area contributed by atoms with E-state index in [1.54, 1.807) is 162 Å². The number of benzene rings is 3. The summed E-state index contributed by atoms with van der Waals surface area (Å²) in [7, 11) is 11.9. The van der Waals surface area contributed by atoms with Gasteiger partial charge < -0.3 is 95.0 Å². The van der Waals surface area contributed by atoms with Crippen molar-refractivity contribution >= 4 is 94.7 Å². The summed E-state index contributed by atoms with van der Waals surface area (Å²) < 4.78 is 36.4. The van der Waals surface area contributed by atoms with Crippen LogP contribution in [-0.4, -0.2) is 319 Å². The van der Waals surface area contributed by atoms with Gasteiger partial charge in [0.2, 0.25) is 65.0 Å². The summed E-state index contributed by atoms with van der Waals surface area (Å²) in [6.45, 7) is 28.3. The fraction of sp³-hybridized carbons (Fsp3) is 0.667. The molecule has 0 aliphatic carbocycles. The number of nitrogens with one attached hydrogen (secondary N) is 6. The van der Waals surface area contributed by atoms with Gasteiger partial charge in [0.1, 0.15) is 43.4 Å². The number of rotatable bonds is 54. The molecule has 4 aliphatic rings. The van der Waals surface area contributed by atoms with Crippen molar-refractivity contribution in [3.8, 4) is 0 Å². The molecule has 0 spiro atoms. The summed E-state index contributed by atoms with van der Waals surface area (Å²) in [5.41, 5.74) is 1.86. The zero-order chi connectivity index (χ0) is 106. The number of unbranched alkanes of at least 4 members (excludes halogenated alkanes) is 2. The van der Waals surface area contributed by atoms with Crippen LogP contribution >= 0.6 is 0 Å². The summed E-state index contributed by atoms with van der Waals surface area (Å²) in [5, 5.41) is 39.5. The molecule has 0 bridgehead atoms. The molecule has 37 nitrogen and oxygen atoms in total. The first-order chi connectivity index (χ1) is 67.2. The Hall–Kier alpha value is -11.0. The Morgan fingerprint density at radius 2 is 0.880 bits per heavy atom. The lowest BCUT2D eigenvalue weighted by Crippen LogP contribution is -2.60. The molecule has 15 amide bonds. The maximum Gasteiger partial charge on any atom is 0.410 e. The van der Waals surface area contributed by atoms with Crippen molar-refractivity contribution in [2.45, 2.75) is 317 Å². The van der Waals surface area contributed by atoms with E-state index in [9.17, 15) is 67.7 Å². The first kappa shape index (κ1) is 118. The second kappa shape index (κ2) is 56.3. The van der Waals surface area contributed by atoms with E-state index < -0.39 is 224 Å². The molecule has 3 fully saturated rings. The lowest BCUT2D eigenvalue weighted by molar-refractivity contribution is -0.148. The van der Waals surface area contributed by atoms with Crippen LogP contribution < -0.4 is 31.9 Å². The summed E-state index contributed by atoms with van der Waals surface area (Å²) >= 11 is 0. The smallest absolute Gasteiger partial charge is 0.410 e. The van der Waals surface area contributed by atoms with Crippen LogP contribution in [0.5, 0.6) is 0 Å². The van der Waals surface area contributed by atoms with E-state index in [2.05, 4.69) is 31.9 Å². The molecule has 7 rings (SSSR count). The highest BCUT2D eigenvalue weighted by Crippen LogP contribution is 2.35. The number of methoxy groups -OCH3 is 4. The van der Waals surface area contributed by atoms with Gasteiger partial charge in [-0.05, 0) is 130 Å². The quantitative estimate of drug-likeness (QED) is 0.0193. The number of ether oxygens (including phenoxy) is 6. The van der Waals surface area contributed by atoms with E-state index in [1.807, 2.05) is 39.8 Å². The predicted molar refractivity (Wildman–Crippen MR) is 534 cm³/mol. The Morgan fingerprint density at radius 1 is 0.465 bits per heavy atom. The average molecular weight is 1990 g/mol. The minimum Gasteiger partial charge on any atom is -0.445 e. The zero-order valence-corrected chi connectivity index (χ0v) is 88.0. The van der Waals surface area contributed by atoms with E-state index in [1.165, 1.54) is 81.5 Å². The van der Waals surface area contributed by atoms with Gasteiger partial charge in [-0.2, -0.15) is 0 Å². The van der Waals surface area contributed by atoms with E-state index in [4.69, 9.17) is 28.4 Å². The van der Waals surface area contributed by atoms with Crippen molar-refractivity contribution in [2.75, 3.05) is 94.7 Å². The van der Waals surface area contributed by atoms with Crippen LogP contribution in [0.3, 0.4) is 0 Å². The summed E-state index contributed by atoms with van der Waals surface area (Å²) in [4.78, 5) is 224. The molecule has 4 heterocycles. The highest BCUT2D eigenvalue weighted by Gasteiger charge is 2.48. The third-order valence-corrected chi connectivity index (χ3v) is 28.8. The second-order valence-electron chi connectivity index (χ2n) is 40.1. The molecule has 1 unspecified atom stereocenters. The van der Waals surface area contributed by atoms with Crippen molar-refractivity contribution in [2.24, 2.45) is 47.3 Å². The van der Waals surface area contributed by atoms with E-state index in [0.717, 1.165) is 14.7 Å². The van der Waals surface area contributed by atoms with Crippen LogP contribution in [0.25, 0.3) is 0 Å². The Balaban J connectivity index is 1.06. The predicted octanol–water partition coefficient (Wildman–Crippen LogP) is 9.00. The molecule has 0 radical (unpaired) electrons. The molecular weight excluding hydrogens is 1830 g/mol. The van der Waals surface area contributed by atoms with Gasteiger partial charge >= 0.3 is 12.2 Å². The van der Waals surface area contributed by atoms with Crippen molar-refractivity contribution < 1.29 is 111 Å². The van der Waals surface area contributed by atoms with Crippen molar-refractivity contribution in [3.63, 3.8) is 0 Å². The first-order valence-corrected chi connectivity index (χ1v) is 50.5. The average Bonchev–Trinajstić information content (AvgIpc) is 1.22. The number of hydrogen-bond acceptors (Lipinski definition) is 23. The summed E-state index contributed by atoms with van der Waals surface area (Å²) in [6.07, 6.45) is 0.696. The van der Waals surface area contributed by atoms with Crippen molar-refractivity contribution in [1.29, 1.82) is 0 Å². The number of aliphatic hydroxyl groups excluding tert-OH is 2. The first-order valence-electron chi connectivity index (χ1n) is 50.5. The number of hydrogen-bond donors (Lipinski definition) is 8. The molecule has 142 heavy (non-hydrogen) atoms. The lowest BCUT2D eigenvalue weighted by Gasteiger charge is -2.41. The fourth-order valence-corrected chi connectivity index (χ4v) is 20.1. The molecule has 3 aromatic carbocycles. The number of nitrogens with zero attached hydrogens (tertiary/aromatic N) is 8. The molecule has 3 saturated heterocycles. The molecule has 37 heteroatoms. The number of carbonyl (C=O) groups is 15. The van der Waals surface area contributed by atoms with E-state index in [0.29, 0.717) is 94.0 Å². The third-order valence-electron chi connectivity index (χ3n) is 28.8. The lowest BCUT2D eigenvalue weighted by atomic mass is 9.89. The van der Waals surface area contributed by atoms with Gasteiger partial charge in [-0.1, -0.05) is 183 Å². The van der Waals surface area contributed by atoms with Crippen molar-refractivity contribution in [3.05, 3.63) is 113 Å². The molecule has 0 aromatic heterocycles. The maximum absolute atomic E-state index is 15.2. The molecule has 8 N–H and O–H groups in total. The maximum atomic E-state index is 15.2. The Morgan fingerprint density at radius 3 is 1.28 bits per heavy atom. The number of amides is 15. The minimum absolute atomic E-state index is 0.0597. The molecule has 21 atom stereocenters. The van der Waals surface area contributed by atoms with Crippen LogP contribution in [0.1, 0.15) is 235 Å². The third kappa shape index (κ3) is 31.3. The summed E-state index contributed by atoms with van der Waals surface area (Å²) in [5.74, 6) is -10.2. The highest BCUT2D eigenvalue weighted by atomic mass is 16.6. The van der Waals surface area contributed by atoms with Crippen LogP contribution in [-0.2, 0) is 104 Å². The van der Waals surface area contributed by atoms with Crippen LogP contribution in [0.2, 0.25) is 0 Å². The molecule has 790 valence electrons. The fourth-order valence-electron chi connectivity index (χ4n) is 20.1. The van der Waals surface area contributed by atoms with Crippen LogP contribution in [0.4, 0.5) is 15.3 Å². The van der Waals surface area contributed by atoms with Gasteiger partial charge in [0.15, 0.2) is 0 Å². The van der Waals surface area contributed by atoms with Crippen molar-refractivity contribution in [1.82, 2.24) is 65.8 Å².